The van der Waals surface area contributed by atoms with Crippen LogP contribution < -0.4 is 4.90 Å². The van der Waals surface area contributed by atoms with Crippen molar-refractivity contribution in [2.24, 2.45) is 5.92 Å². The Kier molecular flexibility index (Phi) is 5.63. The monoisotopic (exact) mass is 373 g/mol. The first-order valence-electron chi connectivity index (χ1n) is 8.70. The molecular formula is C19H20FN3O4. The molecule has 0 bridgehead atoms. The third-order valence-electron chi connectivity index (χ3n) is 4.79. The SMILES string of the molecule is COC(=O)c1cnc(N2CCC(Cc3cccc(F)c3)CC2)c([N+](=O)[O-])c1. The second-order valence-electron chi connectivity index (χ2n) is 6.58. The number of ether oxygens (including phenoxy) is 1. The van der Waals surface area contributed by atoms with Gasteiger partial charge in [-0.3, -0.25) is 10.1 Å². The molecule has 8 heteroatoms. The lowest BCUT2D eigenvalue weighted by Crippen LogP contribution is -2.35. The topological polar surface area (TPSA) is 85.6 Å². The second-order valence-corrected chi connectivity index (χ2v) is 6.58. The van der Waals surface area contributed by atoms with Gasteiger partial charge in [0.15, 0.2) is 0 Å². The number of aromatic nitrogens is 1. The molecular weight excluding hydrogens is 353 g/mol. The maximum atomic E-state index is 13.3. The Morgan fingerprint density at radius 1 is 1.37 bits per heavy atom. The molecule has 142 valence electrons. The fraction of sp³-hybridized carbons (Fsp3) is 0.368. The summed E-state index contributed by atoms with van der Waals surface area (Å²) < 4.78 is 17.9. The zero-order valence-electron chi connectivity index (χ0n) is 14.9. The smallest absolute Gasteiger partial charge is 0.339 e. The van der Waals surface area contributed by atoms with Crippen molar-refractivity contribution >= 4 is 17.5 Å². The Labute approximate surface area is 155 Å². The van der Waals surface area contributed by atoms with Crippen molar-refractivity contribution in [2.45, 2.75) is 19.3 Å². The highest BCUT2D eigenvalue weighted by molar-refractivity contribution is 5.90. The van der Waals surface area contributed by atoms with Crippen LogP contribution in [0.4, 0.5) is 15.9 Å². The minimum Gasteiger partial charge on any atom is -0.465 e. The molecule has 0 N–H and O–H groups in total. The zero-order valence-corrected chi connectivity index (χ0v) is 14.9. The number of carbonyl (C=O) groups is 1. The van der Waals surface area contributed by atoms with Crippen molar-refractivity contribution in [1.29, 1.82) is 0 Å². The van der Waals surface area contributed by atoms with Gasteiger partial charge in [-0.1, -0.05) is 12.1 Å². The molecule has 1 fully saturated rings. The van der Waals surface area contributed by atoms with Gasteiger partial charge in [0.2, 0.25) is 5.82 Å². The first kappa shape index (κ1) is 18.8. The first-order chi connectivity index (χ1) is 13.0. The molecule has 27 heavy (non-hydrogen) atoms. The van der Waals surface area contributed by atoms with Gasteiger partial charge in [0.25, 0.3) is 0 Å². The Hall–Kier alpha value is -3.03. The molecule has 0 aliphatic carbocycles. The minimum atomic E-state index is -0.661. The number of rotatable bonds is 5. The molecule has 1 aliphatic heterocycles. The summed E-state index contributed by atoms with van der Waals surface area (Å²) in [6.07, 6.45) is 3.73. The third kappa shape index (κ3) is 4.39. The molecule has 0 atom stereocenters. The summed E-state index contributed by atoms with van der Waals surface area (Å²) in [5.41, 5.74) is 0.801. The fourth-order valence-electron chi connectivity index (χ4n) is 3.40. The van der Waals surface area contributed by atoms with Crippen molar-refractivity contribution in [2.75, 3.05) is 25.1 Å². The number of halogens is 1. The highest BCUT2D eigenvalue weighted by Gasteiger charge is 2.27. The average molecular weight is 373 g/mol. The molecule has 3 rings (SSSR count). The van der Waals surface area contributed by atoms with Crippen LogP contribution in [0.25, 0.3) is 0 Å². The van der Waals surface area contributed by atoms with Gasteiger partial charge < -0.3 is 9.64 Å². The number of anilines is 1. The summed E-state index contributed by atoms with van der Waals surface area (Å²) in [5.74, 6) is -0.255. The van der Waals surface area contributed by atoms with Crippen LogP contribution in [0.2, 0.25) is 0 Å². The van der Waals surface area contributed by atoms with Gasteiger partial charge in [0.1, 0.15) is 5.82 Å². The van der Waals surface area contributed by atoms with E-state index in [2.05, 4.69) is 9.72 Å². The standard InChI is InChI=1S/C19H20FN3O4/c1-27-19(24)15-11-17(23(25)26)18(21-12-15)22-7-5-13(6-8-22)9-14-3-2-4-16(20)10-14/h2-4,10-13H,5-9H2,1H3. The molecule has 0 spiro atoms. The van der Waals surface area contributed by atoms with E-state index in [1.807, 2.05) is 11.0 Å². The number of benzene rings is 1. The molecule has 2 heterocycles. The highest BCUT2D eigenvalue weighted by Crippen LogP contribution is 2.31. The van der Waals surface area contributed by atoms with E-state index in [0.29, 0.717) is 19.0 Å². The number of piperidine rings is 1. The Balaban J connectivity index is 1.70. The summed E-state index contributed by atoms with van der Waals surface area (Å²) in [5, 5.41) is 11.4. The zero-order chi connectivity index (χ0) is 19.4. The average Bonchev–Trinajstić information content (AvgIpc) is 2.67. The van der Waals surface area contributed by atoms with E-state index in [1.165, 1.54) is 25.4 Å². The van der Waals surface area contributed by atoms with E-state index in [9.17, 15) is 19.3 Å². The Morgan fingerprint density at radius 2 is 2.11 bits per heavy atom. The van der Waals surface area contributed by atoms with Gasteiger partial charge in [-0.25, -0.2) is 14.2 Å². The predicted octanol–water partition coefficient (Wildman–Crippen LogP) is 3.37. The van der Waals surface area contributed by atoms with E-state index < -0.39 is 10.9 Å². The maximum Gasteiger partial charge on any atom is 0.339 e. The number of esters is 1. The fourth-order valence-corrected chi connectivity index (χ4v) is 3.40. The molecule has 1 aliphatic rings. The minimum absolute atomic E-state index is 0.0499. The number of carbonyl (C=O) groups excluding carboxylic acids is 1. The van der Waals surface area contributed by atoms with Crippen LogP contribution in [-0.2, 0) is 11.2 Å². The van der Waals surface area contributed by atoms with Crippen LogP contribution in [0.3, 0.4) is 0 Å². The van der Waals surface area contributed by atoms with Crippen LogP contribution in [0.5, 0.6) is 0 Å². The van der Waals surface area contributed by atoms with Crippen LogP contribution in [-0.4, -0.2) is 36.1 Å². The summed E-state index contributed by atoms with van der Waals surface area (Å²) in [6, 6.07) is 7.79. The lowest BCUT2D eigenvalue weighted by Gasteiger charge is -2.32. The van der Waals surface area contributed by atoms with E-state index >= 15 is 0 Å². The Morgan fingerprint density at radius 3 is 2.74 bits per heavy atom. The number of pyridine rings is 1. The van der Waals surface area contributed by atoms with Gasteiger partial charge in [-0.05, 0) is 42.9 Å². The van der Waals surface area contributed by atoms with Crippen LogP contribution in [0, 0.1) is 21.8 Å². The normalized spacial score (nSPS) is 14.8. The molecule has 0 unspecified atom stereocenters. The lowest BCUT2D eigenvalue weighted by atomic mass is 9.90. The van der Waals surface area contributed by atoms with Crippen molar-refractivity contribution in [1.82, 2.24) is 4.98 Å². The molecule has 0 saturated carbocycles. The van der Waals surface area contributed by atoms with Crippen molar-refractivity contribution < 1.29 is 18.8 Å². The molecule has 1 saturated heterocycles. The van der Waals surface area contributed by atoms with Gasteiger partial charge in [0.05, 0.1) is 17.6 Å². The number of methoxy groups -OCH3 is 1. The second kappa shape index (κ2) is 8.11. The summed E-state index contributed by atoms with van der Waals surface area (Å²) in [7, 11) is 1.21. The van der Waals surface area contributed by atoms with E-state index in [0.717, 1.165) is 24.8 Å². The largest absolute Gasteiger partial charge is 0.465 e. The summed E-state index contributed by atoms with van der Waals surface area (Å²) in [6.45, 7) is 1.23. The third-order valence-corrected chi connectivity index (χ3v) is 4.79. The lowest BCUT2D eigenvalue weighted by molar-refractivity contribution is -0.384. The summed E-state index contributed by atoms with van der Waals surface area (Å²) >= 11 is 0. The number of hydrogen-bond donors (Lipinski definition) is 0. The predicted molar refractivity (Wildman–Crippen MR) is 97.3 cm³/mol. The Bertz CT molecular complexity index is 851. The maximum absolute atomic E-state index is 13.3. The molecule has 0 amide bonds. The molecule has 1 aromatic heterocycles. The molecule has 0 radical (unpaired) electrons. The molecule has 2 aromatic rings. The quantitative estimate of drug-likeness (QED) is 0.454. The van der Waals surface area contributed by atoms with Crippen molar-refractivity contribution in [3.63, 3.8) is 0 Å². The van der Waals surface area contributed by atoms with Crippen LogP contribution in [0.1, 0.15) is 28.8 Å². The van der Waals surface area contributed by atoms with Crippen molar-refractivity contribution in [3.05, 3.63) is 63.6 Å². The highest BCUT2D eigenvalue weighted by atomic mass is 19.1. The van der Waals surface area contributed by atoms with E-state index in [-0.39, 0.29) is 22.9 Å². The summed E-state index contributed by atoms with van der Waals surface area (Å²) in [4.78, 5) is 28.5. The van der Waals surface area contributed by atoms with Gasteiger partial charge >= 0.3 is 11.7 Å². The molecule has 1 aromatic carbocycles. The van der Waals surface area contributed by atoms with Crippen molar-refractivity contribution in [3.8, 4) is 0 Å². The van der Waals surface area contributed by atoms with E-state index in [1.54, 1.807) is 12.1 Å². The van der Waals surface area contributed by atoms with Gasteiger partial charge in [-0.2, -0.15) is 0 Å². The number of hydrogen-bond acceptors (Lipinski definition) is 6. The molecule has 7 nitrogen and oxygen atoms in total. The number of nitrogens with zero attached hydrogens (tertiary/aromatic N) is 3. The van der Waals surface area contributed by atoms with Gasteiger partial charge in [-0.15, -0.1) is 0 Å². The first-order valence-corrected chi connectivity index (χ1v) is 8.70. The number of nitro groups is 1. The van der Waals surface area contributed by atoms with Crippen LogP contribution >= 0.6 is 0 Å². The van der Waals surface area contributed by atoms with Gasteiger partial charge in [0, 0.05) is 25.4 Å². The van der Waals surface area contributed by atoms with Crippen LogP contribution in [0.15, 0.2) is 36.5 Å². The van der Waals surface area contributed by atoms with E-state index in [4.69, 9.17) is 0 Å².